The third kappa shape index (κ3) is 4.67. The van der Waals surface area contributed by atoms with Crippen LogP contribution < -0.4 is 10.1 Å². The van der Waals surface area contributed by atoms with Crippen LogP contribution in [0.2, 0.25) is 0 Å². The van der Waals surface area contributed by atoms with Crippen LogP contribution in [0.25, 0.3) is 27.6 Å². The number of nitrogens with one attached hydrogen (secondary N) is 1. The summed E-state index contributed by atoms with van der Waals surface area (Å²) in [6.07, 6.45) is 1.64. The van der Waals surface area contributed by atoms with Gasteiger partial charge >= 0.3 is 12.0 Å². The molecule has 6 rings (SSSR count). The van der Waals surface area contributed by atoms with Crippen molar-refractivity contribution in [1.29, 1.82) is 0 Å². The average molecular weight is 533 g/mol. The average Bonchev–Trinajstić information content (AvgIpc) is 3.56. The summed E-state index contributed by atoms with van der Waals surface area (Å²) in [5.41, 5.74) is 1.82. The van der Waals surface area contributed by atoms with Gasteiger partial charge in [-0.15, -0.1) is 0 Å². The Morgan fingerprint density at radius 3 is 2.40 bits per heavy atom. The van der Waals surface area contributed by atoms with E-state index >= 15 is 0 Å². The second-order valence-electron chi connectivity index (χ2n) is 9.26. The van der Waals surface area contributed by atoms with Gasteiger partial charge in [0.05, 0.1) is 13.7 Å². The summed E-state index contributed by atoms with van der Waals surface area (Å²) in [5, 5.41) is 6.73. The number of carbonyl (C=O) groups is 3. The summed E-state index contributed by atoms with van der Waals surface area (Å²) in [6, 6.07) is 28.2. The van der Waals surface area contributed by atoms with Crippen LogP contribution >= 0.6 is 0 Å². The minimum atomic E-state index is -0.643. The number of furan rings is 1. The predicted molar refractivity (Wildman–Crippen MR) is 149 cm³/mol. The number of rotatable bonds is 7. The highest BCUT2D eigenvalue weighted by atomic mass is 16.5. The minimum absolute atomic E-state index is 0.0101. The van der Waals surface area contributed by atoms with Crippen LogP contribution in [0.4, 0.5) is 4.79 Å². The highest BCUT2D eigenvalue weighted by Gasteiger charge is 2.34. The van der Waals surface area contributed by atoms with Crippen LogP contribution in [-0.4, -0.2) is 29.9 Å². The summed E-state index contributed by atoms with van der Waals surface area (Å²) in [4.78, 5) is 38.8. The minimum Gasteiger partial charge on any atom is -0.488 e. The fourth-order valence-electron chi connectivity index (χ4n) is 4.81. The van der Waals surface area contributed by atoms with E-state index in [2.05, 4.69) is 28.3 Å². The van der Waals surface area contributed by atoms with Crippen LogP contribution in [0.5, 0.6) is 5.75 Å². The van der Waals surface area contributed by atoms with E-state index in [0.29, 0.717) is 17.9 Å². The first-order chi connectivity index (χ1) is 19.5. The van der Waals surface area contributed by atoms with Gasteiger partial charge in [-0.3, -0.25) is 9.69 Å². The first-order valence-corrected chi connectivity index (χ1v) is 12.6. The van der Waals surface area contributed by atoms with Crippen molar-refractivity contribution in [3.05, 3.63) is 119 Å². The second-order valence-corrected chi connectivity index (χ2v) is 9.26. The van der Waals surface area contributed by atoms with Crippen molar-refractivity contribution in [3.8, 4) is 5.75 Å². The monoisotopic (exact) mass is 532 g/mol. The van der Waals surface area contributed by atoms with Gasteiger partial charge in [-0.25, -0.2) is 9.59 Å². The number of esters is 1. The maximum Gasteiger partial charge on any atom is 0.373 e. The number of nitrogens with zero attached hydrogens (tertiary/aromatic N) is 1. The first-order valence-electron chi connectivity index (χ1n) is 12.6. The Labute approximate surface area is 229 Å². The molecule has 1 saturated heterocycles. The molecule has 0 atom stereocenters. The van der Waals surface area contributed by atoms with E-state index in [1.807, 2.05) is 60.7 Å². The standard InChI is InChI=1S/C32H24N2O6/c1-38-31(36)29-16-14-23(40-29)18-34-30(35)27(33-32(34)37)17-26-25-12-5-3-8-21(25)13-15-28(26)39-19-22-10-6-9-20-7-2-4-11-24(20)22/h2-17H,18-19H2,1H3,(H,33,37)/b27-17-. The Morgan fingerprint density at radius 1 is 0.875 bits per heavy atom. The lowest BCUT2D eigenvalue weighted by molar-refractivity contribution is -0.123. The molecule has 0 aliphatic carbocycles. The lowest BCUT2D eigenvalue weighted by Gasteiger charge is -2.14. The highest BCUT2D eigenvalue weighted by Crippen LogP contribution is 2.32. The Kier molecular flexibility index (Phi) is 6.49. The fourth-order valence-corrected chi connectivity index (χ4v) is 4.81. The van der Waals surface area contributed by atoms with E-state index in [1.54, 1.807) is 6.08 Å². The molecule has 0 radical (unpaired) electrons. The molecule has 40 heavy (non-hydrogen) atoms. The third-order valence-electron chi connectivity index (χ3n) is 6.81. The normalized spacial score (nSPS) is 14.2. The number of hydrogen-bond acceptors (Lipinski definition) is 6. The van der Waals surface area contributed by atoms with Crippen LogP contribution in [0.3, 0.4) is 0 Å². The zero-order chi connectivity index (χ0) is 27.6. The lowest BCUT2D eigenvalue weighted by atomic mass is 10.0. The molecule has 1 fully saturated rings. The molecule has 1 aliphatic rings. The number of ether oxygens (including phenoxy) is 2. The number of hydrogen-bond donors (Lipinski definition) is 1. The van der Waals surface area contributed by atoms with Crippen molar-refractivity contribution in [2.45, 2.75) is 13.2 Å². The zero-order valence-corrected chi connectivity index (χ0v) is 21.5. The Hall–Kier alpha value is -5.37. The van der Waals surface area contributed by atoms with Gasteiger partial charge in [-0.2, -0.15) is 0 Å². The van der Waals surface area contributed by atoms with E-state index < -0.39 is 17.9 Å². The molecule has 1 aliphatic heterocycles. The van der Waals surface area contributed by atoms with Gasteiger partial charge in [0.1, 0.15) is 23.8 Å². The molecule has 1 aromatic heterocycles. The van der Waals surface area contributed by atoms with Crippen LogP contribution in [0.15, 0.2) is 101 Å². The van der Waals surface area contributed by atoms with Crippen molar-refractivity contribution < 1.29 is 28.3 Å². The summed E-state index contributed by atoms with van der Waals surface area (Å²) in [7, 11) is 1.24. The molecule has 0 saturated carbocycles. The zero-order valence-electron chi connectivity index (χ0n) is 21.5. The highest BCUT2D eigenvalue weighted by molar-refractivity contribution is 6.14. The first kappa shape index (κ1) is 24.9. The summed E-state index contributed by atoms with van der Waals surface area (Å²) in [6.45, 7) is 0.183. The van der Waals surface area contributed by atoms with E-state index in [0.717, 1.165) is 32.0 Å². The number of urea groups is 1. The van der Waals surface area contributed by atoms with Gasteiger partial charge in [-0.05, 0) is 51.4 Å². The number of benzene rings is 4. The number of carbonyl (C=O) groups excluding carboxylic acids is 3. The smallest absolute Gasteiger partial charge is 0.373 e. The third-order valence-corrected chi connectivity index (χ3v) is 6.81. The van der Waals surface area contributed by atoms with Crippen molar-refractivity contribution in [3.63, 3.8) is 0 Å². The quantitative estimate of drug-likeness (QED) is 0.156. The van der Waals surface area contributed by atoms with Gasteiger partial charge in [0, 0.05) is 5.56 Å². The van der Waals surface area contributed by atoms with E-state index in [9.17, 15) is 14.4 Å². The summed E-state index contributed by atoms with van der Waals surface area (Å²) < 4.78 is 16.4. The van der Waals surface area contributed by atoms with E-state index in [-0.39, 0.29) is 23.8 Å². The van der Waals surface area contributed by atoms with Crippen LogP contribution in [0.1, 0.15) is 27.4 Å². The Morgan fingerprint density at radius 2 is 1.60 bits per heavy atom. The van der Waals surface area contributed by atoms with Crippen molar-refractivity contribution in [1.82, 2.24) is 10.2 Å². The van der Waals surface area contributed by atoms with Crippen LogP contribution in [-0.2, 0) is 22.7 Å². The van der Waals surface area contributed by atoms with Crippen molar-refractivity contribution in [2.75, 3.05) is 7.11 Å². The molecule has 1 N–H and O–H groups in total. The van der Waals surface area contributed by atoms with Crippen molar-refractivity contribution in [2.24, 2.45) is 0 Å². The molecule has 0 spiro atoms. The van der Waals surface area contributed by atoms with E-state index in [4.69, 9.17) is 9.15 Å². The SMILES string of the molecule is COC(=O)c1ccc(CN2C(=O)N/C(=C\c3c(OCc4cccc5ccccc45)ccc4ccccc34)C2=O)o1. The van der Waals surface area contributed by atoms with Gasteiger partial charge in [0.15, 0.2) is 0 Å². The molecule has 2 heterocycles. The molecule has 8 nitrogen and oxygen atoms in total. The largest absolute Gasteiger partial charge is 0.488 e. The Bertz CT molecular complexity index is 1810. The molecular formula is C32H24N2O6. The molecule has 5 aromatic rings. The molecule has 3 amide bonds. The molecular weight excluding hydrogens is 508 g/mol. The van der Waals surface area contributed by atoms with Gasteiger partial charge < -0.3 is 19.2 Å². The number of fused-ring (bicyclic) bond motifs is 2. The number of methoxy groups -OCH3 is 1. The Balaban J connectivity index is 1.31. The topological polar surface area (TPSA) is 98.1 Å². The van der Waals surface area contributed by atoms with Crippen LogP contribution in [0, 0.1) is 0 Å². The number of imide groups is 1. The number of amides is 3. The van der Waals surface area contributed by atoms with Gasteiger partial charge in [0.2, 0.25) is 5.76 Å². The maximum absolute atomic E-state index is 13.3. The summed E-state index contributed by atoms with van der Waals surface area (Å²) >= 11 is 0. The summed E-state index contributed by atoms with van der Waals surface area (Å²) in [5.74, 6) is -0.322. The lowest BCUT2D eigenvalue weighted by Crippen LogP contribution is -2.30. The molecule has 198 valence electrons. The molecule has 8 heteroatoms. The van der Waals surface area contributed by atoms with Gasteiger partial charge in [0.25, 0.3) is 5.91 Å². The fraction of sp³-hybridized carbons (Fsp3) is 0.0938. The predicted octanol–water partition coefficient (Wildman–Crippen LogP) is 6.04. The molecule has 0 bridgehead atoms. The van der Waals surface area contributed by atoms with Crippen molar-refractivity contribution >= 4 is 45.5 Å². The van der Waals surface area contributed by atoms with E-state index in [1.165, 1.54) is 19.2 Å². The maximum atomic E-state index is 13.3. The molecule has 0 unspecified atom stereocenters. The molecule has 4 aromatic carbocycles. The second kappa shape index (κ2) is 10.4. The van der Waals surface area contributed by atoms with Gasteiger partial charge in [-0.1, -0.05) is 72.8 Å².